The molecule has 2 bridgehead atoms. The number of carbonyl (C=O) groups excluding carboxylic acids is 1. The van der Waals surface area contributed by atoms with E-state index in [9.17, 15) is 4.79 Å². The van der Waals surface area contributed by atoms with Crippen molar-refractivity contribution < 1.29 is 13.6 Å². The molecule has 2 unspecified atom stereocenters. The molecule has 2 aliphatic heterocycles. The number of para-hydroxylation sites is 1. The van der Waals surface area contributed by atoms with Crippen LogP contribution in [0.5, 0.6) is 0 Å². The predicted octanol–water partition coefficient (Wildman–Crippen LogP) is 2.95. The monoisotopic (exact) mass is 287 g/mol. The zero-order chi connectivity index (χ0) is 17.0. The summed E-state index contributed by atoms with van der Waals surface area (Å²) in [5.74, 6) is -0.523. The van der Waals surface area contributed by atoms with Crippen molar-refractivity contribution in [2.45, 2.75) is 43.9 Å². The Morgan fingerprint density at radius 2 is 2.19 bits per heavy atom. The van der Waals surface area contributed by atoms with E-state index < -0.39 is 5.97 Å². The Morgan fingerprint density at radius 1 is 1.43 bits per heavy atom. The number of carbonyl (C=O) groups is 1. The van der Waals surface area contributed by atoms with E-state index in [2.05, 4.69) is 16.9 Å². The first-order chi connectivity index (χ1) is 11.4. The molecule has 2 aliphatic rings. The smallest absolute Gasteiger partial charge is 0.340 e. The fourth-order valence-corrected chi connectivity index (χ4v) is 3.71. The van der Waals surface area contributed by atoms with Crippen LogP contribution in [0.3, 0.4) is 0 Å². The molecule has 0 saturated carbocycles. The number of hydrogen-bond acceptors (Lipinski definition) is 3. The SMILES string of the molecule is [2H]c1cc([2H])c2[nH]c([2H])c(C(=O)OC3CC4CC[C@H](C3)N4C)c2c1. The van der Waals surface area contributed by atoms with Crippen LogP contribution in [-0.2, 0) is 4.74 Å². The summed E-state index contributed by atoms with van der Waals surface area (Å²) < 4.78 is 29.4. The molecule has 1 aromatic heterocycles. The number of piperidine rings is 1. The summed E-state index contributed by atoms with van der Waals surface area (Å²) in [6.07, 6.45) is 3.80. The summed E-state index contributed by atoms with van der Waals surface area (Å²) >= 11 is 0. The van der Waals surface area contributed by atoms with Crippen LogP contribution >= 0.6 is 0 Å². The normalized spacial score (nSPS) is 30.9. The Labute approximate surface area is 128 Å². The molecule has 0 radical (unpaired) electrons. The second-order valence-corrected chi connectivity index (χ2v) is 6.06. The van der Waals surface area contributed by atoms with Gasteiger partial charge in [-0.1, -0.05) is 18.2 Å². The van der Waals surface area contributed by atoms with Gasteiger partial charge in [-0.05, 0) is 25.9 Å². The van der Waals surface area contributed by atoms with E-state index in [1.54, 1.807) is 0 Å². The number of hydrogen-bond donors (Lipinski definition) is 1. The number of H-pyrrole nitrogens is 1. The largest absolute Gasteiger partial charge is 0.459 e. The van der Waals surface area contributed by atoms with Gasteiger partial charge in [0.1, 0.15) is 6.10 Å². The Morgan fingerprint density at radius 3 is 2.95 bits per heavy atom. The number of esters is 1. The third-order valence-electron chi connectivity index (χ3n) is 4.91. The summed E-state index contributed by atoms with van der Waals surface area (Å²) in [6, 6.07) is 4.11. The molecule has 110 valence electrons. The van der Waals surface area contributed by atoms with Crippen molar-refractivity contribution in [3.63, 3.8) is 0 Å². The third kappa shape index (κ3) is 2.14. The summed E-state index contributed by atoms with van der Waals surface area (Å²) in [5, 5.41) is 0.429. The lowest BCUT2D eigenvalue weighted by Crippen LogP contribution is -2.43. The van der Waals surface area contributed by atoms with Gasteiger partial charge in [0.2, 0.25) is 0 Å². The molecule has 0 spiro atoms. The number of nitrogens with zero attached hydrogens (tertiary/aromatic N) is 1. The van der Waals surface area contributed by atoms with Crippen molar-refractivity contribution >= 4 is 16.9 Å². The fourth-order valence-electron chi connectivity index (χ4n) is 3.71. The lowest BCUT2D eigenvalue weighted by atomic mass is 10.0. The molecule has 21 heavy (non-hydrogen) atoms. The summed E-state index contributed by atoms with van der Waals surface area (Å²) in [5.41, 5.74) is 0.547. The molecular weight excluding hydrogens is 264 g/mol. The van der Waals surface area contributed by atoms with Crippen LogP contribution in [0.2, 0.25) is 0 Å². The van der Waals surface area contributed by atoms with Gasteiger partial charge in [-0.3, -0.25) is 0 Å². The Hall–Kier alpha value is -1.81. The van der Waals surface area contributed by atoms with Gasteiger partial charge in [-0.2, -0.15) is 0 Å². The molecule has 4 nitrogen and oxygen atoms in total. The van der Waals surface area contributed by atoms with Gasteiger partial charge in [0, 0.05) is 42.0 Å². The first-order valence-electron chi connectivity index (χ1n) is 8.96. The van der Waals surface area contributed by atoms with E-state index in [4.69, 9.17) is 8.85 Å². The molecule has 0 aliphatic carbocycles. The molecule has 3 heterocycles. The van der Waals surface area contributed by atoms with Gasteiger partial charge < -0.3 is 14.6 Å². The molecule has 2 saturated heterocycles. The highest BCUT2D eigenvalue weighted by molar-refractivity contribution is 6.04. The number of aromatic nitrogens is 1. The van der Waals surface area contributed by atoms with Crippen molar-refractivity contribution in [1.29, 1.82) is 0 Å². The van der Waals surface area contributed by atoms with Gasteiger partial charge in [0.05, 0.1) is 9.68 Å². The minimum absolute atomic E-state index is 0.0509. The number of benzene rings is 1. The lowest BCUT2D eigenvalue weighted by Gasteiger charge is -2.35. The first kappa shape index (κ1) is 10.0. The molecule has 1 aromatic carbocycles. The molecule has 1 N–H and O–H groups in total. The van der Waals surface area contributed by atoms with Crippen LogP contribution < -0.4 is 0 Å². The van der Waals surface area contributed by atoms with Gasteiger partial charge in [0.25, 0.3) is 0 Å². The maximum atomic E-state index is 12.6. The van der Waals surface area contributed by atoms with Crippen LogP contribution in [0.25, 0.3) is 10.9 Å². The Bertz CT molecular complexity index is 806. The predicted molar refractivity (Wildman–Crippen MR) is 81.3 cm³/mol. The standard InChI is InChI=1S/C17H20N2O2/c1-19-11-6-7-12(19)9-13(8-11)21-17(20)15-10-18-16-5-3-2-4-14(15)16/h2-5,10-13,18H,6-9H2,1H3/t11-,12?,13?/m1/s1/i2D,5D,10D. The van der Waals surface area contributed by atoms with E-state index >= 15 is 0 Å². The van der Waals surface area contributed by atoms with Crippen molar-refractivity contribution in [3.8, 4) is 0 Å². The summed E-state index contributed by atoms with van der Waals surface area (Å²) in [6.45, 7) is 0. The van der Waals surface area contributed by atoms with Crippen molar-refractivity contribution in [1.82, 2.24) is 9.88 Å². The number of aromatic amines is 1. The second-order valence-electron chi connectivity index (χ2n) is 6.06. The van der Waals surface area contributed by atoms with Crippen LogP contribution in [0.4, 0.5) is 0 Å². The zero-order valence-electron chi connectivity index (χ0n) is 15.0. The molecule has 4 heteroatoms. The molecule has 2 fully saturated rings. The van der Waals surface area contributed by atoms with E-state index in [1.807, 2.05) is 0 Å². The minimum atomic E-state index is -0.523. The molecular formula is C17H20N2O2. The highest BCUT2D eigenvalue weighted by Gasteiger charge is 2.40. The fraction of sp³-hybridized carbons (Fsp3) is 0.471. The minimum Gasteiger partial charge on any atom is -0.459 e. The number of rotatable bonds is 2. The van der Waals surface area contributed by atoms with Gasteiger partial charge in [0.15, 0.2) is 0 Å². The topological polar surface area (TPSA) is 45.3 Å². The van der Waals surface area contributed by atoms with E-state index in [0.29, 0.717) is 23.0 Å². The molecule has 0 amide bonds. The summed E-state index contributed by atoms with van der Waals surface area (Å²) in [4.78, 5) is 17.8. The molecule has 4 rings (SSSR count). The van der Waals surface area contributed by atoms with E-state index in [1.165, 1.54) is 12.1 Å². The highest BCUT2D eigenvalue weighted by atomic mass is 16.5. The highest BCUT2D eigenvalue weighted by Crippen LogP contribution is 2.35. The van der Waals surface area contributed by atoms with Crippen molar-refractivity contribution in [2.75, 3.05) is 7.05 Å². The average Bonchev–Trinajstić information content (AvgIpc) is 2.91. The number of fused-ring (bicyclic) bond motifs is 3. The Balaban J connectivity index is 1.61. The number of nitrogens with one attached hydrogen (secondary N) is 1. The Kier molecular flexibility index (Phi) is 2.33. The van der Waals surface area contributed by atoms with Crippen molar-refractivity contribution in [3.05, 3.63) is 36.0 Å². The maximum Gasteiger partial charge on any atom is 0.340 e. The van der Waals surface area contributed by atoms with Crippen LogP contribution in [0.15, 0.2) is 30.4 Å². The third-order valence-corrected chi connectivity index (χ3v) is 4.91. The van der Waals surface area contributed by atoms with Gasteiger partial charge in [-0.25, -0.2) is 4.79 Å². The van der Waals surface area contributed by atoms with Crippen molar-refractivity contribution in [2.24, 2.45) is 0 Å². The molecule has 3 atom stereocenters. The molecule has 2 aromatic rings. The summed E-state index contributed by atoms with van der Waals surface area (Å²) in [7, 11) is 2.13. The van der Waals surface area contributed by atoms with Crippen LogP contribution in [0, 0.1) is 0 Å². The zero-order valence-corrected chi connectivity index (χ0v) is 12.0. The van der Waals surface area contributed by atoms with Crippen LogP contribution in [0.1, 0.15) is 40.2 Å². The van der Waals surface area contributed by atoms with Crippen LogP contribution in [-0.4, -0.2) is 41.1 Å². The second kappa shape index (κ2) is 4.88. The first-order valence-corrected chi connectivity index (χ1v) is 7.46. The van der Waals surface area contributed by atoms with E-state index in [-0.39, 0.29) is 29.9 Å². The lowest BCUT2D eigenvalue weighted by molar-refractivity contribution is -0.000258. The number of ether oxygens (including phenoxy) is 1. The van der Waals surface area contributed by atoms with Gasteiger partial charge in [-0.15, -0.1) is 0 Å². The maximum absolute atomic E-state index is 12.6. The average molecular weight is 287 g/mol. The van der Waals surface area contributed by atoms with E-state index in [0.717, 1.165) is 25.7 Å². The quantitative estimate of drug-likeness (QED) is 0.864. The van der Waals surface area contributed by atoms with Gasteiger partial charge >= 0.3 is 5.97 Å².